The minimum Gasteiger partial charge on any atom is -0.317 e. The molecule has 1 aliphatic heterocycles. The van der Waals surface area contributed by atoms with Gasteiger partial charge in [-0.25, -0.2) is 0 Å². The predicted octanol–water partition coefficient (Wildman–Crippen LogP) is 0.943. The second-order valence-electron chi connectivity index (χ2n) is 5.60. The van der Waals surface area contributed by atoms with Gasteiger partial charge in [-0.15, -0.1) is 10.2 Å². The lowest BCUT2D eigenvalue weighted by atomic mass is 10.1. The number of hydrogen-bond acceptors (Lipinski definition) is 4. The molecule has 5 nitrogen and oxygen atoms in total. The summed E-state index contributed by atoms with van der Waals surface area (Å²) in [6, 6.07) is 0.677. The van der Waals surface area contributed by atoms with Gasteiger partial charge in [0.2, 0.25) is 0 Å². The lowest BCUT2D eigenvalue weighted by Crippen LogP contribution is -2.30. The van der Waals surface area contributed by atoms with E-state index in [-0.39, 0.29) is 0 Å². The van der Waals surface area contributed by atoms with E-state index < -0.39 is 0 Å². The van der Waals surface area contributed by atoms with Crippen molar-refractivity contribution in [3.63, 3.8) is 0 Å². The Hall–Kier alpha value is -0.940. The summed E-state index contributed by atoms with van der Waals surface area (Å²) in [5, 5.41) is 11.7. The smallest absolute Gasteiger partial charge is 0.146 e. The maximum absolute atomic E-state index is 4.16. The molecule has 0 aromatic carbocycles. The van der Waals surface area contributed by atoms with E-state index in [1.165, 1.54) is 19.5 Å². The molecule has 2 rings (SSSR count). The van der Waals surface area contributed by atoms with Crippen molar-refractivity contribution in [2.45, 2.75) is 39.8 Å². The summed E-state index contributed by atoms with van der Waals surface area (Å²) in [7, 11) is 2.02. The molecule has 0 amide bonds. The van der Waals surface area contributed by atoms with Gasteiger partial charge in [0.15, 0.2) is 0 Å². The van der Waals surface area contributed by atoms with Crippen LogP contribution < -0.4 is 5.32 Å². The number of aryl methyl sites for hydroxylation is 1. The molecule has 1 unspecified atom stereocenters. The second-order valence-corrected chi connectivity index (χ2v) is 5.60. The van der Waals surface area contributed by atoms with Crippen LogP contribution in [-0.2, 0) is 13.6 Å². The molecule has 18 heavy (non-hydrogen) atoms. The fourth-order valence-corrected chi connectivity index (χ4v) is 2.49. The van der Waals surface area contributed by atoms with Crippen LogP contribution in [0.3, 0.4) is 0 Å². The average molecular weight is 251 g/mol. The summed E-state index contributed by atoms with van der Waals surface area (Å²) >= 11 is 0. The number of likely N-dealkylation sites (tertiary alicyclic amines) is 1. The largest absolute Gasteiger partial charge is 0.317 e. The van der Waals surface area contributed by atoms with Gasteiger partial charge in [0, 0.05) is 19.6 Å². The molecule has 0 spiro atoms. The Labute approximate surface area is 110 Å². The van der Waals surface area contributed by atoms with Gasteiger partial charge in [-0.1, -0.05) is 0 Å². The highest BCUT2D eigenvalue weighted by Crippen LogP contribution is 2.17. The second kappa shape index (κ2) is 5.80. The predicted molar refractivity (Wildman–Crippen MR) is 72.3 cm³/mol. The van der Waals surface area contributed by atoms with E-state index in [1.807, 2.05) is 18.5 Å². The molecule has 1 atom stereocenters. The maximum atomic E-state index is 4.16. The third-order valence-corrected chi connectivity index (χ3v) is 3.95. The van der Waals surface area contributed by atoms with E-state index in [4.69, 9.17) is 0 Å². The minimum absolute atomic E-state index is 0.677. The average Bonchev–Trinajstić information content (AvgIpc) is 2.91. The van der Waals surface area contributed by atoms with E-state index in [9.17, 15) is 0 Å². The number of hydrogen-bond donors (Lipinski definition) is 1. The molecule has 5 heteroatoms. The monoisotopic (exact) mass is 251 g/mol. The molecular formula is C13H25N5. The van der Waals surface area contributed by atoms with Crippen molar-refractivity contribution in [1.82, 2.24) is 25.0 Å². The van der Waals surface area contributed by atoms with Crippen molar-refractivity contribution >= 4 is 0 Å². The van der Waals surface area contributed by atoms with Crippen LogP contribution in [0.1, 0.15) is 31.9 Å². The molecule has 0 bridgehead atoms. The highest BCUT2D eigenvalue weighted by molar-refractivity contribution is 4.92. The van der Waals surface area contributed by atoms with Crippen LogP contribution in [0, 0.1) is 12.8 Å². The zero-order chi connectivity index (χ0) is 13.1. The third kappa shape index (κ3) is 3.09. The van der Waals surface area contributed by atoms with Crippen molar-refractivity contribution < 1.29 is 0 Å². The minimum atomic E-state index is 0.677. The Bertz CT molecular complexity index is 385. The molecule has 1 N–H and O–H groups in total. The quantitative estimate of drug-likeness (QED) is 0.846. The standard InChI is InChI=1S/C13H25N5/c1-10(2)18-6-5-12(9-18)7-14-8-13-16-15-11(3)17(13)4/h10,12,14H,5-9H2,1-4H3. The molecule has 0 saturated carbocycles. The summed E-state index contributed by atoms with van der Waals surface area (Å²) < 4.78 is 2.04. The molecule has 102 valence electrons. The Morgan fingerprint density at radius 2 is 2.17 bits per heavy atom. The number of aromatic nitrogens is 3. The van der Waals surface area contributed by atoms with Crippen LogP contribution in [0.5, 0.6) is 0 Å². The first-order chi connectivity index (χ1) is 8.58. The summed E-state index contributed by atoms with van der Waals surface area (Å²) in [6.45, 7) is 10.9. The first kappa shape index (κ1) is 13.5. The van der Waals surface area contributed by atoms with Gasteiger partial charge in [0.1, 0.15) is 11.6 Å². The van der Waals surface area contributed by atoms with Crippen LogP contribution in [0.25, 0.3) is 0 Å². The van der Waals surface area contributed by atoms with Crippen molar-refractivity contribution in [1.29, 1.82) is 0 Å². The lowest BCUT2D eigenvalue weighted by molar-refractivity contribution is 0.264. The molecule has 2 heterocycles. The molecule has 1 aromatic heterocycles. The summed E-state index contributed by atoms with van der Waals surface area (Å²) in [5.74, 6) is 2.77. The Balaban J connectivity index is 1.72. The first-order valence-corrected chi connectivity index (χ1v) is 6.87. The molecule has 0 radical (unpaired) electrons. The number of rotatable bonds is 5. The van der Waals surface area contributed by atoms with Crippen molar-refractivity contribution in [3.05, 3.63) is 11.6 Å². The zero-order valence-electron chi connectivity index (χ0n) is 12.0. The fourth-order valence-electron chi connectivity index (χ4n) is 2.49. The van der Waals surface area contributed by atoms with Crippen molar-refractivity contribution in [2.75, 3.05) is 19.6 Å². The van der Waals surface area contributed by atoms with Crippen LogP contribution >= 0.6 is 0 Å². The van der Waals surface area contributed by atoms with E-state index in [2.05, 4.69) is 34.3 Å². The maximum Gasteiger partial charge on any atom is 0.146 e. The summed E-state index contributed by atoms with van der Waals surface area (Å²) in [6.07, 6.45) is 1.31. The van der Waals surface area contributed by atoms with Gasteiger partial charge in [-0.3, -0.25) is 0 Å². The first-order valence-electron chi connectivity index (χ1n) is 6.87. The topological polar surface area (TPSA) is 46.0 Å². The van der Waals surface area contributed by atoms with Crippen molar-refractivity contribution in [2.24, 2.45) is 13.0 Å². The molecule has 1 aliphatic rings. The van der Waals surface area contributed by atoms with E-state index >= 15 is 0 Å². The summed E-state index contributed by atoms with van der Waals surface area (Å²) in [4.78, 5) is 2.55. The van der Waals surface area contributed by atoms with Crippen LogP contribution in [-0.4, -0.2) is 45.3 Å². The van der Waals surface area contributed by atoms with Gasteiger partial charge >= 0.3 is 0 Å². The van der Waals surface area contributed by atoms with Crippen LogP contribution in [0.15, 0.2) is 0 Å². The lowest BCUT2D eigenvalue weighted by Gasteiger charge is -2.20. The van der Waals surface area contributed by atoms with E-state index in [1.54, 1.807) is 0 Å². The van der Waals surface area contributed by atoms with Crippen molar-refractivity contribution in [3.8, 4) is 0 Å². The number of nitrogens with one attached hydrogen (secondary N) is 1. The van der Waals surface area contributed by atoms with Gasteiger partial charge in [0.05, 0.1) is 6.54 Å². The summed E-state index contributed by atoms with van der Waals surface area (Å²) in [5.41, 5.74) is 0. The normalized spacial score (nSPS) is 21.1. The van der Waals surface area contributed by atoms with E-state index in [0.29, 0.717) is 6.04 Å². The highest BCUT2D eigenvalue weighted by atomic mass is 15.3. The SMILES string of the molecule is Cc1nnc(CNCC2CCN(C(C)C)C2)n1C. The Morgan fingerprint density at radius 1 is 1.39 bits per heavy atom. The molecule has 1 aromatic rings. The number of nitrogens with zero attached hydrogens (tertiary/aromatic N) is 4. The molecule has 1 fully saturated rings. The fraction of sp³-hybridized carbons (Fsp3) is 0.846. The molecular weight excluding hydrogens is 226 g/mol. The van der Waals surface area contributed by atoms with Crippen LogP contribution in [0.4, 0.5) is 0 Å². The third-order valence-electron chi connectivity index (χ3n) is 3.95. The zero-order valence-corrected chi connectivity index (χ0v) is 12.0. The highest BCUT2D eigenvalue weighted by Gasteiger charge is 2.23. The van der Waals surface area contributed by atoms with Crippen LogP contribution in [0.2, 0.25) is 0 Å². The Kier molecular flexibility index (Phi) is 4.35. The van der Waals surface area contributed by atoms with Gasteiger partial charge in [-0.05, 0) is 46.2 Å². The van der Waals surface area contributed by atoms with Gasteiger partial charge in [-0.2, -0.15) is 0 Å². The van der Waals surface area contributed by atoms with E-state index in [0.717, 1.165) is 30.7 Å². The van der Waals surface area contributed by atoms with Gasteiger partial charge in [0.25, 0.3) is 0 Å². The van der Waals surface area contributed by atoms with Gasteiger partial charge < -0.3 is 14.8 Å². The molecule has 0 aliphatic carbocycles. The Morgan fingerprint density at radius 3 is 2.72 bits per heavy atom. The molecule has 1 saturated heterocycles.